The minimum absolute atomic E-state index is 0.0912. The monoisotopic (exact) mass is 369 g/mol. The quantitative estimate of drug-likeness (QED) is 0.896. The van der Waals surface area contributed by atoms with Gasteiger partial charge in [-0.3, -0.25) is 9.69 Å². The molecule has 0 radical (unpaired) electrons. The van der Waals surface area contributed by atoms with Gasteiger partial charge < -0.3 is 9.88 Å². The Morgan fingerprint density at radius 1 is 1.19 bits per heavy atom. The van der Waals surface area contributed by atoms with Gasteiger partial charge in [-0.1, -0.05) is 12.1 Å². The lowest BCUT2D eigenvalue weighted by atomic mass is 9.89. The number of nitrogens with one attached hydrogen (secondary N) is 1. The van der Waals surface area contributed by atoms with E-state index in [9.17, 15) is 9.18 Å². The molecule has 2 aromatic rings. The van der Waals surface area contributed by atoms with Crippen molar-refractivity contribution in [3.8, 4) is 0 Å². The van der Waals surface area contributed by atoms with Crippen molar-refractivity contribution in [3.05, 3.63) is 47.3 Å². The molecule has 142 valence electrons. The van der Waals surface area contributed by atoms with Crippen LogP contribution >= 0.6 is 0 Å². The summed E-state index contributed by atoms with van der Waals surface area (Å²) in [5.74, 6) is 2.11. The Bertz CT molecular complexity index is 862. The first-order chi connectivity index (χ1) is 13.2. The molecule has 0 spiro atoms. The summed E-state index contributed by atoms with van der Waals surface area (Å²) in [6.45, 7) is 3.50. The van der Waals surface area contributed by atoms with Crippen molar-refractivity contribution >= 4 is 5.91 Å². The normalized spacial score (nSPS) is 24.9. The SMILES string of the molecule is O=C(NC1CCC1)c1nnc2n1C[C@H]1CN(Cc3cccc(F)c3)C[C@@H]1C2. The maximum atomic E-state index is 13.4. The molecule has 2 atom stereocenters. The maximum Gasteiger partial charge on any atom is 0.289 e. The molecule has 0 bridgehead atoms. The summed E-state index contributed by atoms with van der Waals surface area (Å²) in [5, 5.41) is 11.5. The summed E-state index contributed by atoms with van der Waals surface area (Å²) < 4.78 is 15.5. The lowest BCUT2D eigenvalue weighted by Gasteiger charge is -2.28. The summed E-state index contributed by atoms with van der Waals surface area (Å²) in [6.07, 6.45) is 4.17. The zero-order valence-electron chi connectivity index (χ0n) is 15.3. The first-order valence-corrected chi connectivity index (χ1v) is 9.85. The largest absolute Gasteiger partial charge is 0.347 e. The van der Waals surface area contributed by atoms with E-state index in [1.54, 1.807) is 12.1 Å². The van der Waals surface area contributed by atoms with Crippen molar-refractivity contribution in [1.82, 2.24) is 25.0 Å². The highest BCUT2D eigenvalue weighted by atomic mass is 19.1. The Labute approximate surface area is 157 Å². The molecular weight excluding hydrogens is 345 g/mol. The molecule has 2 fully saturated rings. The number of halogens is 1. The van der Waals surface area contributed by atoms with Crippen LogP contribution in [0.5, 0.6) is 0 Å². The van der Waals surface area contributed by atoms with E-state index in [4.69, 9.17) is 0 Å². The zero-order chi connectivity index (χ0) is 18.4. The lowest BCUT2D eigenvalue weighted by Crippen LogP contribution is -2.41. The molecule has 0 unspecified atom stereocenters. The van der Waals surface area contributed by atoms with E-state index < -0.39 is 0 Å². The van der Waals surface area contributed by atoms with Gasteiger partial charge in [0.05, 0.1) is 0 Å². The molecule has 6 nitrogen and oxygen atoms in total. The van der Waals surface area contributed by atoms with Crippen LogP contribution in [-0.4, -0.2) is 44.7 Å². The Kier molecular flexibility index (Phi) is 4.19. The van der Waals surface area contributed by atoms with Gasteiger partial charge in [0.2, 0.25) is 5.82 Å². The smallest absolute Gasteiger partial charge is 0.289 e. The van der Waals surface area contributed by atoms with Crippen molar-refractivity contribution < 1.29 is 9.18 Å². The topological polar surface area (TPSA) is 63.1 Å². The number of rotatable bonds is 4. The van der Waals surface area contributed by atoms with Crippen LogP contribution in [0, 0.1) is 17.7 Å². The third-order valence-electron chi connectivity index (χ3n) is 6.28. The molecule has 1 saturated heterocycles. The molecule has 1 saturated carbocycles. The molecule has 5 rings (SSSR count). The Morgan fingerprint density at radius 3 is 2.81 bits per heavy atom. The van der Waals surface area contributed by atoms with Gasteiger partial charge in [-0.2, -0.15) is 0 Å². The number of carbonyl (C=O) groups excluding carboxylic acids is 1. The van der Waals surface area contributed by atoms with Gasteiger partial charge in [0.15, 0.2) is 0 Å². The Balaban J connectivity index is 1.26. The van der Waals surface area contributed by atoms with E-state index in [1.807, 2.05) is 10.6 Å². The van der Waals surface area contributed by atoms with Gasteiger partial charge in [0.25, 0.3) is 5.91 Å². The van der Waals surface area contributed by atoms with Crippen LogP contribution in [0.4, 0.5) is 4.39 Å². The molecule has 2 aliphatic heterocycles. The van der Waals surface area contributed by atoms with Gasteiger partial charge in [-0.25, -0.2) is 4.39 Å². The molecule has 1 amide bonds. The second-order valence-electron chi connectivity index (χ2n) is 8.20. The summed E-state index contributed by atoms with van der Waals surface area (Å²) in [6, 6.07) is 7.13. The second-order valence-corrected chi connectivity index (χ2v) is 8.20. The van der Waals surface area contributed by atoms with E-state index in [0.29, 0.717) is 23.7 Å². The molecular formula is C20H24FN5O. The Hall–Kier alpha value is -2.28. The van der Waals surface area contributed by atoms with E-state index in [1.165, 1.54) is 12.5 Å². The molecule has 1 N–H and O–H groups in total. The van der Waals surface area contributed by atoms with Gasteiger partial charge in [-0.05, 0) is 48.8 Å². The summed E-state index contributed by atoms with van der Waals surface area (Å²) in [7, 11) is 0. The molecule has 1 aromatic heterocycles. The van der Waals surface area contributed by atoms with Crippen molar-refractivity contribution in [3.63, 3.8) is 0 Å². The minimum Gasteiger partial charge on any atom is -0.347 e. The average molecular weight is 369 g/mol. The number of amides is 1. The van der Waals surface area contributed by atoms with Gasteiger partial charge in [-0.15, -0.1) is 10.2 Å². The van der Waals surface area contributed by atoms with Crippen LogP contribution in [0.1, 0.15) is 41.3 Å². The van der Waals surface area contributed by atoms with E-state index >= 15 is 0 Å². The number of benzene rings is 1. The third-order valence-corrected chi connectivity index (χ3v) is 6.28. The molecule has 7 heteroatoms. The van der Waals surface area contributed by atoms with Gasteiger partial charge in [0, 0.05) is 38.6 Å². The summed E-state index contributed by atoms with van der Waals surface area (Å²) in [5.41, 5.74) is 1.01. The van der Waals surface area contributed by atoms with Crippen molar-refractivity contribution in [2.24, 2.45) is 11.8 Å². The highest BCUT2D eigenvalue weighted by Crippen LogP contribution is 2.33. The van der Waals surface area contributed by atoms with Crippen LogP contribution in [0.15, 0.2) is 24.3 Å². The van der Waals surface area contributed by atoms with E-state index in [-0.39, 0.29) is 11.7 Å². The van der Waals surface area contributed by atoms with Crippen molar-refractivity contribution in [1.29, 1.82) is 0 Å². The van der Waals surface area contributed by atoms with Gasteiger partial charge >= 0.3 is 0 Å². The molecule has 3 heterocycles. The number of aromatic nitrogens is 3. The van der Waals surface area contributed by atoms with Crippen molar-refractivity contribution in [2.45, 2.75) is 44.8 Å². The molecule has 1 aromatic carbocycles. The first-order valence-electron chi connectivity index (χ1n) is 9.85. The third kappa shape index (κ3) is 3.25. The number of nitrogens with zero attached hydrogens (tertiary/aromatic N) is 4. The predicted molar refractivity (Wildman–Crippen MR) is 97.5 cm³/mol. The van der Waals surface area contributed by atoms with E-state index in [2.05, 4.69) is 20.4 Å². The molecule has 27 heavy (non-hydrogen) atoms. The average Bonchev–Trinajstić information content (AvgIpc) is 3.18. The first kappa shape index (κ1) is 16.9. The summed E-state index contributed by atoms with van der Waals surface area (Å²) in [4.78, 5) is 14.9. The number of fused-ring (bicyclic) bond motifs is 2. The van der Waals surface area contributed by atoms with Crippen LogP contribution in [0.3, 0.4) is 0 Å². The maximum absolute atomic E-state index is 13.4. The number of carbonyl (C=O) groups is 1. The lowest BCUT2D eigenvalue weighted by molar-refractivity contribution is 0.0898. The number of likely N-dealkylation sites (tertiary alicyclic amines) is 1. The highest BCUT2D eigenvalue weighted by molar-refractivity contribution is 5.91. The van der Waals surface area contributed by atoms with Crippen LogP contribution in [-0.2, 0) is 19.5 Å². The zero-order valence-corrected chi connectivity index (χ0v) is 15.3. The Morgan fingerprint density at radius 2 is 2.04 bits per heavy atom. The number of hydrogen-bond acceptors (Lipinski definition) is 4. The fourth-order valence-corrected chi connectivity index (χ4v) is 4.61. The van der Waals surface area contributed by atoms with Crippen molar-refractivity contribution in [2.75, 3.05) is 13.1 Å². The highest BCUT2D eigenvalue weighted by Gasteiger charge is 2.39. The van der Waals surface area contributed by atoms with E-state index in [0.717, 1.165) is 56.8 Å². The van der Waals surface area contributed by atoms with Gasteiger partial charge in [0.1, 0.15) is 11.6 Å². The standard InChI is InChI=1S/C20H24FN5O/c21-16-4-1-3-13(7-16)9-25-10-14-8-18-23-24-19(26(18)12-15(14)11-25)20(27)22-17-5-2-6-17/h1,3-4,7,14-15,17H,2,5-6,8-12H2,(H,22,27)/t14-,15+/m0/s1. The van der Waals surface area contributed by atoms with Crippen LogP contribution < -0.4 is 5.32 Å². The summed E-state index contributed by atoms with van der Waals surface area (Å²) >= 11 is 0. The van der Waals surface area contributed by atoms with Crippen LogP contribution in [0.25, 0.3) is 0 Å². The minimum atomic E-state index is -0.183. The number of hydrogen-bond donors (Lipinski definition) is 1. The predicted octanol–water partition coefficient (Wildman–Crippen LogP) is 2.00. The molecule has 3 aliphatic rings. The fraction of sp³-hybridized carbons (Fsp3) is 0.550. The molecule has 1 aliphatic carbocycles. The fourth-order valence-electron chi connectivity index (χ4n) is 4.61. The second kappa shape index (κ2) is 6.71. The van der Waals surface area contributed by atoms with Crippen LogP contribution in [0.2, 0.25) is 0 Å².